The lowest BCUT2D eigenvalue weighted by molar-refractivity contribution is -0.136. The summed E-state index contributed by atoms with van der Waals surface area (Å²) in [6.45, 7) is 0. The van der Waals surface area contributed by atoms with Crippen molar-refractivity contribution < 1.29 is 19.8 Å². The highest BCUT2D eigenvalue weighted by Gasteiger charge is 2.13. The van der Waals surface area contributed by atoms with Gasteiger partial charge in [0.1, 0.15) is 0 Å². The van der Waals surface area contributed by atoms with Crippen LogP contribution >= 0.6 is 11.6 Å². The van der Waals surface area contributed by atoms with Crippen molar-refractivity contribution >= 4 is 23.5 Å². The Balaban J connectivity index is 3.13. The predicted octanol–water partition coefficient (Wildman–Crippen LogP) is 1.67. The summed E-state index contributed by atoms with van der Waals surface area (Å²) < 4.78 is 0. The quantitative estimate of drug-likeness (QED) is 0.803. The van der Waals surface area contributed by atoms with Gasteiger partial charge in [-0.3, -0.25) is 4.79 Å². The van der Waals surface area contributed by atoms with Crippen LogP contribution in [0.4, 0.5) is 0 Å². The number of hydrogen-bond donors (Lipinski definition) is 2. The van der Waals surface area contributed by atoms with Gasteiger partial charge in [0.2, 0.25) is 0 Å². The number of benzene rings is 1. The van der Waals surface area contributed by atoms with Crippen molar-refractivity contribution in [2.75, 3.05) is 0 Å². The number of aromatic carboxylic acids is 1. The van der Waals surface area contributed by atoms with E-state index in [4.69, 9.17) is 21.8 Å². The maximum atomic E-state index is 10.6. The molecule has 0 aromatic heterocycles. The second kappa shape index (κ2) is 4.11. The Morgan fingerprint density at radius 1 is 1.29 bits per heavy atom. The van der Waals surface area contributed by atoms with Crippen LogP contribution < -0.4 is 0 Å². The lowest BCUT2D eigenvalue weighted by atomic mass is 10.1. The van der Waals surface area contributed by atoms with E-state index >= 15 is 0 Å². The van der Waals surface area contributed by atoms with Gasteiger partial charge in [-0.15, -0.1) is 0 Å². The van der Waals surface area contributed by atoms with Gasteiger partial charge in [0.05, 0.1) is 17.0 Å². The van der Waals surface area contributed by atoms with Crippen LogP contribution in [-0.2, 0) is 11.2 Å². The summed E-state index contributed by atoms with van der Waals surface area (Å²) in [7, 11) is 0. The Morgan fingerprint density at radius 3 is 2.43 bits per heavy atom. The van der Waals surface area contributed by atoms with Crippen LogP contribution in [0.25, 0.3) is 0 Å². The third-order valence-electron chi connectivity index (χ3n) is 1.65. The highest BCUT2D eigenvalue weighted by Crippen LogP contribution is 2.21. The predicted molar refractivity (Wildman–Crippen MR) is 49.8 cm³/mol. The first-order valence-electron chi connectivity index (χ1n) is 3.75. The maximum Gasteiger partial charge on any atom is 0.337 e. The summed E-state index contributed by atoms with van der Waals surface area (Å²) >= 11 is 5.70. The number of aliphatic carboxylic acids is 1. The fourth-order valence-electron chi connectivity index (χ4n) is 1.04. The van der Waals surface area contributed by atoms with E-state index in [0.29, 0.717) is 5.56 Å². The summed E-state index contributed by atoms with van der Waals surface area (Å²) in [6.07, 6.45) is -0.278. The van der Waals surface area contributed by atoms with Crippen LogP contribution in [0.3, 0.4) is 0 Å². The fourth-order valence-corrected chi connectivity index (χ4v) is 1.32. The Hall–Kier alpha value is -1.55. The van der Waals surface area contributed by atoms with Crippen LogP contribution in [0.15, 0.2) is 18.2 Å². The maximum absolute atomic E-state index is 10.6. The highest BCUT2D eigenvalue weighted by molar-refractivity contribution is 6.34. The third kappa shape index (κ3) is 2.23. The first-order valence-corrected chi connectivity index (χ1v) is 4.12. The average Bonchev–Trinajstić information content (AvgIpc) is 2.07. The van der Waals surface area contributed by atoms with E-state index in [1.807, 2.05) is 0 Å². The smallest absolute Gasteiger partial charge is 0.337 e. The van der Waals surface area contributed by atoms with E-state index in [-0.39, 0.29) is 17.0 Å². The SMILES string of the molecule is O=C(O)Cc1cccc(C(=O)O)c1Cl. The zero-order valence-corrected chi connectivity index (χ0v) is 7.78. The molecule has 0 amide bonds. The zero-order valence-electron chi connectivity index (χ0n) is 7.03. The Kier molecular flexibility index (Phi) is 3.09. The molecule has 4 nitrogen and oxygen atoms in total. The second-order valence-corrected chi connectivity index (χ2v) is 3.03. The molecule has 0 fully saturated rings. The van der Waals surface area contributed by atoms with Gasteiger partial charge in [0.25, 0.3) is 0 Å². The van der Waals surface area contributed by atoms with Crippen molar-refractivity contribution in [1.29, 1.82) is 0 Å². The molecule has 0 aliphatic heterocycles. The zero-order chi connectivity index (χ0) is 10.7. The largest absolute Gasteiger partial charge is 0.481 e. The average molecular weight is 215 g/mol. The molecule has 0 saturated carbocycles. The van der Waals surface area contributed by atoms with Crippen molar-refractivity contribution in [1.82, 2.24) is 0 Å². The summed E-state index contributed by atoms with van der Waals surface area (Å²) in [5.41, 5.74) is 0.226. The molecule has 0 atom stereocenters. The van der Waals surface area contributed by atoms with Gasteiger partial charge in [0, 0.05) is 0 Å². The van der Waals surface area contributed by atoms with Crippen LogP contribution in [0.5, 0.6) is 0 Å². The van der Waals surface area contributed by atoms with E-state index in [2.05, 4.69) is 0 Å². The third-order valence-corrected chi connectivity index (χ3v) is 2.10. The first-order chi connectivity index (χ1) is 6.52. The van der Waals surface area contributed by atoms with Crippen molar-refractivity contribution in [2.24, 2.45) is 0 Å². The lowest BCUT2D eigenvalue weighted by Crippen LogP contribution is -2.04. The highest BCUT2D eigenvalue weighted by atomic mass is 35.5. The Bertz CT molecular complexity index is 386. The number of carboxylic acid groups (broad SMARTS) is 2. The normalized spacial score (nSPS) is 9.79. The van der Waals surface area contributed by atoms with Gasteiger partial charge in [-0.2, -0.15) is 0 Å². The Labute approximate surface area is 84.7 Å². The van der Waals surface area contributed by atoms with Crippen LogP contribution in [0, 0.1) is 0 Å². The minimum Gasteiger partial charge on any atom is -0.481 e. The van der Waals surface area contributed by atoms with Crippen molar-refractivity contribution in [2.45, 2.75) is 6.42 Å². The van der Waals surface area contributed by atoms with E-state index in [1.165, 1.54) is 18.2 Å². The number of hydrogen-bond acceptors (Lipinski definition) is 2. The number of halogens is 1. The minimum atomic E-state index is -1.16. The van der Waals surface area contributed by atoms with Gasteiger partial charge >= 0.3 is 11.9 Å². The summed E-state index contributed by atoms with van der Waals surface area (Å²) in [5, 5.41) is 17.2. The summed E-state index contributed by atoms with van der Waals surface area (Å²) in [5.74, 6) is -2.21. The molecule has 1 rings (SSSR count). The summed E-state index contributed by atoms with van der Waals surface area (Å²) in [4.78, 5) is 21.0. The molecule has 0 aliphatic rings. The number of rotatable bonds is 3. The molecule has 1 aromatic carbocycles. The molecule has 5 heteroatoms. The first kappa shape index (κ1) is 10.5. The number of carbonyl (C=O) groups is 2. The molecular weight excluding hydrogens is 208 g/mol. The molecule has 0 bridgehead atoms. The molecule has 1 aromatic rings. The Morgan fingerprint density at radius 2 is 1.93 bits per heavy atom. The monoisotopic (exact) mass is 214 g/mol. The minimum absolute atomic E-state index is 0.0117. The van der Waals surface area contributed by atoms with Gasteiger partial charge in [-0.25, -0.2) is 4.79 Å². The second-order valence-electron chi connectivity index (χ2n) is 2.65. The topological polar surface area (TPSA) is 74.6 Å². The van der Waals surface area contributed by atoms with E-state index in [1.54, 1.807) is 0 Å². The van der Waals surface area contributed by atoms with Gasteiger partial charge in [-0.1, -0.05) is 23.7 Å². The van der Waals surface area contributed by atoms with E-state index < -0.39 is 11.9 Å². The molecule has 0 radical (unpaired) electrons. The lowest BCUT2D eigenvalue weighted by Gasteiger charge is -2.03. The molecule has 74 valence electrons. The van der Waals surface area contributed by atoms with Crippen molar-refractivity contribution in [3.05, 3.63) is 34.3 Å². The number of carboxylic acids is 2. The molecule has 0 aliphatic carbocycles. The van der Waals surface area contributed by atoms with Crippen LogP contribution in [-0.4, -0.2) is 22.2 Å². The van der Waals surface area contributed by atoms with Gasteiger partial charge in [-0.05, 0) is 11.6 Å². The molecular formula is C9H7ClO4. The van der Waals surface area contributed by atoms with Gasteiger partial charge < -0.3 is 10.2 Å². The standard InChI is InChI=1S/C9H7ClO4/c10-8-5(4-7(11)12)2-1-3-6(8)9(13)14/h1-3H,4H2,(H,11,12)(H,13,14). The van der Waals surface area contributed by atoms with Crippen molar-refractivity contribution in [3.8, 4) is 0 Å². The van der Waals surface area contributed by atoms with Crippen LogP contribution in [0.1, 0.15) is 15.9 Å². The van der Waals surface area contributed by atoms with Crippen molar-refractivity contribution in [3.63, 3.8) is 0 Å². The molecule has 0 spiro atoms. The molecule has 0 saturated heterocycles. The molecule has 0 unspecified atom stereocenters. The van der Waals surface area contributed by atoms with E-state index in [9.17, 15) is 9.59 Å². The molecule has 2 N–H and O–H groups in total. The fraction of sp³-hybridized carbons (Fsp3) is 0.111. The summed E-state index contributed by atoms with van der Waals surface area (Å²) in [6, 6.07) is 4.28. The van der Waals surface area contributed by atoms with Crippen LogP contribution in [0.2, 0.25) is 5.02 Å². The molecule has 14 heavy (non-hydrogen) atoms. The molecule has 0 heterocycles. The van der Waals surface area contributed by atoms with E-state index in [0.717, 1.165) is 0 Å². The van der Waals surface area contributed by atoms with Gasteiger partial charge in [0.15, 0.2) is 0 Å².